The van der Waals surface area contributed by atoms with Crippen molar-refractivity contribution in [3.8, 4) is 0 Å². The van der Waals surface area contributed by atoms with Gasteiger partial charge >= 0.3 is 0 Å². The highest BCUT2D eigenvalue weighted by Gasteiger charge is 2.40. The van der Waals surface area contributed by atoms with Crippen molar-refractivity contribution in [1.82, 2.24) is 10.2 Å². The van der Waals surface area contributed by atoms with E-state index in [0.717, 1.165) is 12.2 Å². The molecule has 106 valence electrons. The Balaban J connectivity index is 1.90. The largest absolute Gasteiger partial charge is 0.322 e. The molecule has 0 spiro atoms. The second-order valence-corrected chi connectivity index (χ2v) is 8.91. The number of nitrogens with zero attached hydrogens (tertiary/aromatic N) is 1. The van der Waals surface area contributed by atoms with Crippen molar-refractivity contribution in [2.24, 2.45) is 0 Å². The molecule has 0 aliphatic carbocycles. The third-order valence-corrected chi connectivity index (χ3v) is 6.51. The zero-order valence-electron chi connectivity index (χ0n) is 10.2. The van der Waals surface area contributed by atoms with Crippen molar-refractivity contribution >= 4 is 67.6 Å². The first-order valence-corrected chi connectivity index (χ1v) is 8.79. The Morgan fingerprint density at radius 1 is 1.35 bits per heavy atom. The quantitative estimate of drug-likeness (QED) is 0.508. The number of rotatable bonds is 1. The van der Waals surface area contributed by atoms with Crippen molar-refractivity contribution in [3.05, 3.63) is 17.8 Å². The van der Waals surface area contributed by atoms with Crippen molar-refractivity contribution in [1.29, 1.82) is 0 Å². The van der Waals surface area contributed by atoms with Crippen molar-refractivity contribution in [3.63, 3.8) is 0 Å². The smallest absolute Gasteiger partial charge is 0.257 e. The van der Waals surface area contributed by atoms with E-state index in [1.807, 2.05) is 0 Å². The van der Waals surface area contributed by atoms with Crippen LogP contribution < -0.4 is 5.32 Å². The standard InChI is InChI=1S/C12H10BrIN2O3S/c13-9-5-4-16(12(19)8(5)10(14)20-9)6-2-1-3-7(17)15-11(6)18/h6H,1-4H2,(H,15,17,18). The lowest BCUT2D eigenvalue weighted by Crippen LogP contribution is -2.47. The molecule has 1 saturated heterocycles. The van der Waals surface area contributed by atoms with E-state index in [4.69, 9.17) is 0 Å². The summed E-state index contributed by atoms with van der Waals surface area (Å²) in [6.07, 6.45) is 1.50. The molecule has 0 saturated carbocycles. The molecule has 0 aromatic carbocycles. The fraction of sp³-hybridized carbons (Fsp3) is 0.417. The minimum absolute atomic E-state index is 0.110. The van der Waals surface area contributed by atoms with Crippen LogP contribution in [0.3, 0.4) is 0 Å². The molecule has 1 aromatic rings. The zero-order valence-corrected chi connectivity index (χ0v) is 14.8. The summed E-state index contributed by atoms with van der Waals surface area (Å²) < 4.78 is 1.87. The number of carbonyl (C=O) groups is 3. The van der Waals surface area contributed by atoms with E-state index in [1.54, 1.807) is 4.90 Å². The maximum atomic E-state index is 12.5. The summed E-state index contributed by atoms with van der Waals surface area (Å²) >= 11 is 7.14. The first-order valence-electron chi connectivity index (χ1n) is 6.10. The number of halogens is 2. The van der Waals surface area contributed by atoms with Gasteiger partial charge in [0, 0.05) is 18.5 Å². The normalized spacial score (nSPS) is 22.8. The Morgan fingerprint density at radius 3 is 2.80 bits per heavy atom. The van der Waals surface area contributed by atoms with E-state index in [2.05, 4.69) is 43.8 Å². The Labute approximate surface area is 141 Å². The summed E-state index contributed by atoms with van der Waals surface area (Å²) in [6, 6.07) is -0.547. The first kappa shape index (κ1) is 14.5. The van der Waals surface area contributed by atoms with Crippen molar-refractivity contribution in [2.45, 2.75) is 31.8 Å². The average Bonchev–Trinajstić information content (AvgIpc) is 2.78. The highest BCUT2D eigenvalue weighted by atomic mass is 127. The summed E-state index contributed by atoms with van der Waals surface area (Å²) in [4.78, 5) is 37.5. The Bertz CT molecular complexity index is 630. The fourth-order valence-corrected chi connectivity index (χ4v) is 6.26. The molecule has 3 amide bonds. The molecule has 8 heteroatoms. The zero-order chi connectivity index (χ0) is 14.4. The number of imide groups is 1. The van der Waals surface area contributed by atoms with Gasteiger partial charge in [-0.1, -0.05) is 0 Å². The summed E-state index contributed by atoms with van der Waals surface area (Å²) in [5, 5.41) is 2.35. The van der Waals surface area contributed by atoms with E-state index in [9.17, 15) is 14.4 Å². The van der Waals surface area contributed by atoms with Gasteiger partial charge in [0.05, 0.1) is 12.2 Å². The highest BCUT2D eigenvalue weighted by Crippen LogP contribution is 2.40. The molecule has 3 heterocycles. The van der Waals surface area contributed by atoms with Gasteiger partial charge in [0.1, 0.15) is 6.04 Å². The lowest BCUT2D eigenvalue weighted by molar-refractivity contribution is -0.132. The summed E-state index contributed by atoms with van der Waals surface area (Å²) in [5.74, 6) is -0.726. The van der Waals surface area contributed by atoms with Gasteiger partial charge in [-0.25, -0.2) is 0 Å². The maximum Gasteiger partial charge on any atom is 0.257 e. The molecule has 1 aromatic heterocycles. The van der Waals surface area contributed by atoms with Gasteiger partial charge in [-0.15, -0.1) is 11.3 Å². The maximum absolute atomic E-state index is 12.5. The lowest BCUT2D eigenvalue weighted by atomic mass is 10.1. The Morgan fingerprint density at radius 2 is 2.10 bits per heavy atom. The fourth-order valence-electron chi connectivity index (χ4n) is 2.57. The van der Waals surface area contributed by atoms with Crippen LogP contribution in [0.1, 0.15) is 35.2 Å². The van der Waals surface area contributed by atoms with Gasteiger partial charge in [-0.05, 0) is 51.4 Å². The molecule has 1 fully saturated rings. The monoisotopic (exact) mass is 468 g/mol. The number of hydrogen-bond donors (Lipinski definition) is 1. The van der Waals surface area contributed by atoms with Crippen LogP contribution in [0.2, 0.25) is 0 Å². The van der Waals surface area contributed by atoms with E-state index < -0.39 is 6.04 Å². The number of thiophene rings is 1. The summed E-state index contributed by atoms with van der Waals surface area (Å²) in [7, 11) is 0. The molecule has 2 aliphatic rings. The molecule has 20 heavy (non-hydrogen) atoms. The minimum atomic E-state index is -0.547. The molecule has 0 bridgehead atoms. The molecule has 1 N–H and O–H groups in total. The van der Waals surface area contributed by atoms with Crippen LogP contribution in [0.5, 0.6) is 0 Å². The van der Waals surface area contributed by atoms with Gasteiger partial charge in [-0.3, -0.25) is 19.7 Å². The second kappa shape index (κ2) is 5.38. The van der Waals surface area contributed by atoms with Gasteiger partial charge in [-0.2, -0.15) is 0 Å². The molecule has 3 rings (SSSR count). The van der Waals surface area contributed by atoms with Crippen LogP contribution in [0.25, 0.3) is 0 Å². The van der Waals surface area contributed by atoms with E-state index >= 15 is 0 Å². The molecule has 1 unspecified atom stereocenters. The van der Waals surface area contributed by atoms with E-state index in [-0.39, 0.29) is 17.7 Å². The Kier molecular flexibility index (Phi) is 3.89. The number of amides is 3. The topological polar surface area (TPSA) is 66.5 Å². The second-order valence-electron chi connectivity index (χ2n) is 4.76. The van der Waals surface area contributed by atoms with Gasteiger partial charge in [0.25, 0.3) is 5.91 Å². The highest BCUT2D eigenvalue weighted by molar-refractivity contribution is 14.1. The van der Waals surface area contributed by atoms with Gasteiger partial charge in [0.2, 0.25) is 11.8 Å². The SMILES string of the molecule is O=C1CCCC(N2Cc3c(Br)sc(I)c3C2=O)C(=O)N1. The number of fused-ring (bicyclic) bond motifs is 1. The van der Waals surface area contributed by atoms with Crippen LogP contribution in [0.15, 0.2) is 3.79 Å². The molecule has 5 nitrogen and oxygen atoms in total. The molecule has 1 atom stereocenters. The van der Waals surface area contributed by atoms with Gasteiger partial charge < -0.3 is 4.90 Å². The van der Waals surface area contributed by atoms with Gasteiger partial charge in [0.15, 0.2) is 0 Å². The predicted octanol–water partition coefficient (Wildman–Crippen LogP) is 2.27. The molecular formula is C12H10BrIN2O3S. The Hall–Kier alpha value is -0.480. The third-order valence-electron chi connectivity index (χ3n) is 3.54. The van der Waals surface area contributed by atoms with Crippen LogP contribution in [-0.2, 0) is 16.1 Å². The lowest BCUT2D eigenvalue weighted by Gasteiger charge is -2.25. The number of nitrogens with one attached hydrogen (secondary N) is 1. The molecular weight excluding hydrogens is 459 g/mol. The van der Waals surface area contributed by atoms with E-state index in [1.165, 1.54) is 11.3 Å². The molecule has 0 radical (unpaired) electrons. The van der Waals surface area contributed by atoms with Crippen LogP contribution in [0, 0.1) is 2.88 Å². The van der Waals surface area contributed by atoms with Crippen LogP contribution in [0.4, 0.5) is 0 Å². The van der Waals surface area contributed by atoms with E-state index in [0.29, 0.717) is 31.4 Å². The van der Waals surface area contributed by atoms with Crippen LogP contribution in [-0.4, -0.2) is 28.7 Å². The van der Waals surface area contributed by atoms with Crippen molar-refractivity contribution in [2.75, 3.05) is 0 Å². The van der Waals surface area contributed by atoms with Crippen LogP contribution >= 0.6 is 49.9 Å². The molecule has 2 aliphatic heterocycles. The predicted molar refractivity (Wildman–Crippen MR) is 85.4 cm³/mol. The first-order chi connectivity index (χ1) is 9.49. The van der Waals surface area contributed by atoms with Crippen molar-refractivity contribution < 1.29 is 14.4 Å². The number of hydrogen-bond acceptors (Lipinski definition) is 4. The minimum Gasteiger partial charge on any atom is -0.322 e. The third kappa shape index (κ3) is 2.31. The average molecular weight is 469 g/mol. The summed E-state index contributed by atoms with van der Waals surface area (Å²) in [6.45, 7) is 0.431. The summed E-state index contributed by atoms with van der Waals surface area (Å²) in [5.41, 5.74) is 1.65. The number of carbonyl (C=O) groups excluding carboxylic acids is 3.